The summed E-state index contributed by atoms with van der Waals surface area (Å²) < 4.78 is 0. The second kappa shape index (κ2) is 4.89. The Kier molecular flexibility index (Phi) is 3.49. The van der Waals surface area contributed by atoms with Crippen LogP contribution in [0.4, 0.5) is 0 Å². The molecule has 2 aromatic carbocycles. The van der Waals surface area contributed by atoms with E-state index in [4.69, 9.17) is 0 Å². The van der Waals surface area contributed by atoms with Crippen LogP contribution in [-0.2, 0) is 6.42 Å². The van der Waals surface area contributed by atoms with Gasteiger partial charge in [0.2, 0.25) is 0 Å². The summed E-state index contributed by atoms with van der Waals surface area (Å²) in [5, 5.41) is 11.9. The van der Waals surface area contributed by atoms with Gasteiger partial charge in [0.05, 0.1) is 6.10 Å². The van der Waals surface area contributed by atoms with E-state index in [1.807, 2.05) is 6.92 Å². The Morgan fingerprint density at radius 2 is 1.59 bits per heavy atom. The Balaban J connectivity index is 2.39. The third kappa shape index (κ3) is 2.86. The summed E-state index contributed by atoms with van der Waals surface area (Å²) in [5.74, 6) is 0.566. The Bertz CT molecular complexity index is 512. The lowest BCUT2D eigenvalue weighted by Crippen LogP contribution is -2.03. The molecule has 0 saturated carbocycles. The highest BCUT2D eigenvalue weighted by Crippen LogP contribution is 2.22. The number of rotatable bonds is 3. The molecule has 1 atom stereocenters. The van der Waals surface area contributed by atoms with Crippen molar-refractivity contribution >= 4 is 10.8 Å². The Morgan fingerprint density at radius 1 is 0.941 bits per heavy atom. The molecule has 0 spiro atoms. The third-order valence-corrected chi connectivity index (χ3v) is 3.13. The number of aliphatic hydroxyl groups excluding tert-OH is 1. The van der Waals surface area contributed by atoms with E-state index in [-0.39, 0.29) is 6.10 Å². The minimum absolute atomic E-state index is 0.276. The van der Waals surface area contributed by atoms with Gasteiger partial charge in [-0.1, -0.05) is 50.2 Å². The van der Waals surface area contributed by atoms with Gasteiger partial charge in [0.25, 0.3) is 0 Å². The summed E-state index contributed by atoms with van der Waals surface area (Å²) in [6, 6.07) is 13.1. The van der Waals surface area contributed by atoms with Gasteiger partial charge < -0.3 is 5.11 Å². The summed E-state index contributed by atoms with van der Waals surface area (Å²) in [6.45, 7) is 6.25. The molecule has 0 aliphatic carbocycles. The van der Waals surface area contributed by atoms with Gasteiger partial charge in [-0.15, -0.1) is 0 Å². The van der Waals surface area contributed by atoms with Crippen molar-refractivity contribution in [2.45, 2.75) is 39.2 Å². The highest BCUT2D eigenvalue weighted by Gasteiger charge is 2.03. The summed E-state index contributed by atoms with van der Waals surface area (Å²) in [5.41, 5.74) is 2.57. The van der Waals surface area contributed by atoms with E-state index >= 15 is 0 Å². The molecule has 0 saturated heterocycles. The van der Waals surface area contributed by atoms with Crippen LogP contribution in [0.3, 0.4) is 0 Å². The second-order valence-corrected chi connectivity index (χ2v) is 5.15. The molecule has 1 N–H and O–H groups in total. The molecule has 90 valence electrons. The second-order valence-electron chi connectivity index (χ2n) is 5.15. The molecule has 1 unspecified atom stereocenters. The van der Waals surface area contributed by atoms with Crippen LogP contribution in [-0.4, -0.2) is 11.2 Å². The van der Waals surface area contributed by atoms with Crippen LogP contribution in [0.15, 0.2) is 36.4 Å². The van der Waals surface area contributed by atoms with Gasteiger partial charge in [0, 0.05) is 0 Å². The number of aliphatic hydroxyl groups is 1. The average Bonchev–Trinajstić information content (AvgIpc) is 2.27. The lowest BCUT2D eigenvalue weighted by molar-refractivity contribution is 0.195. The van der Waals surface area contributed by atoms with E-state index < -0.39 is 0 Å². The first-order valence-electron chi connectivity index (χ1n) is 6.27. The SMILES string of the molecule is CC(O)Cc1ccc2cc(C(C)C)ccc2c1. The van der Waals surface area contributed by atoms with Crippen molar-refractivity contribution < 1.29 is 5.11 Å². The maximum Gasteiger partial charge on any atom is 0.0552 e. The van der Waals surface area contributed by atoms with Crippen LogP contribution < -0.4 is 0 Å². The van der Waals surface area contributed by atoms with Crippen molar-refractivity contribution in [2.75, 3.05) is 0 Å². The van der Waals surface area contributed by atoms with Crippen molar-refractivity contribution in [1.82, 2.24) is 0 Å². The van der Waals surface area contributed by atoms with E-state index in [0.29, 0.717) is 5.92 Å². The molecule has 0 radical (unpaired) electrons. The standard InChI is InChI=1S/C16H20O/c1-11(2)14-6-7-15-9-13(8-12(3)17)4-5-16(15)10-14/h4-7,9-12,17H,8H2,1-3H3. The quantitative estimate of drug-likeness (QED) is 0.845. The third-order valence-electron chi connectivity index (χ3n) is 3.13. The molecule has 0 bridgehead atoms. The van der Waals surface area contributed by atoms with E-state index in [0.717, 1.165) is 6.42 Å². The molecule has 0 aromatic heterocycles. The zero-order valence-electron chi connectivity index (χ0n) is 10.8. The van der Waals surface area contributed by atoms with E-state index in [9.17, 15) is 5.11 Å². The van der Waals surface area contributed by atoms with E-state index in [1.54, 1.807) is 0 Å². The van der Waals surface area contributed by atoms with Gasteiger partial charge in [-0.2, -0.15) is 0 Å². The molecule has 0 aliphatic heterocycles. The molecule has 2 rings (SSSR count). The van der Waals surface area contributed by atoms with Crippen molar-refractivity contribution in [3.05, 3.63) is 47.5 Å². The number of hydrogen-bond acceptors (Lipinski definition) is 1. The lowest BCUT2D eigenvalue weighted by atomic mass is 9.97. The first kappa shape index (κ1) is 12.1. The summed E-state index contributed by atoms with van der Waals surface area (Å²) in [6.07, 6.45) is 0.449. The molecular weight excluding hydrogens is 208 g/mol. The summed E-state index contributed by atoms with van der Waals surface area (Å²) in [7, 11) is 0. The van der Waals surface area contributed by atoms with Crippen molar-refractivity contribution in [3.8, 4) is 0 Å². The van der Waals surface area contributed by atoms with Crippen molar-refractivity contribution in [3.63, 3.8) is 0 Å². The first-order valence-corrected chi connectivity index (χ1v) is 6.27. The number of hydrogen-bond donors (Lipinski definition) is 1. The van der Waals surface area contributed by atoms with Crippen LogP contribution in [0.5, 0.6) is 0 Å². The topological polar surface area (TPSA) is 20.2 Å². The van der Waals surface area contributed by atoms with Gasteiger partial charge in [-0.3, -0.25) is 0 Å². The predicted molar refractivity (Wildman–Crippen MR) is 73.4 cm³/mol. The van der Waals surface area contributed by atoms with Crippen molar-refractivity contribution in [2.24, 2.45) is 0 Å². The molecular formula is C16H20O. The minimum Gasteiger partial charge on any atom is -0.393 e. The van der Waals surface area contributed by atoms with Crippen LogP contribution in [0, 0.1) is 0 Å². The molecule has 0 aliphatic rings. The molecule has 2 aromatic rings. The van der Waals surface area contributed by atoms with Crippen molar-refractivity contribution in [1.29, 1.82) is 0 Å². The maximum absolute atomic E-state index is 9.39. The fraction of sp³-hybridized carbons (Fsp3) is 0.375. The van der Waals surface area contributed by atoms with Gasteiger partial charge in [0.15, 0.2) is 0 Å². The lowest BCUT2D eigenvalue weighted by Gasteiger charge is -2.09. The van der Waals surface area contributed by atoms with Crippen LogP contribution in [0.2, 0.25) is 0 Å². The van der Waals surface area contributed by atoms with Gasteiger partial charge in [-0.05, 0) is 41.2 Å². The molecule has 0 amide bonds. The monoisotopic (exact) mass is 228 g/mol. The molecule has 1 nitrogen and oxygen atoms in total. The highest BCUT2D eigenvalue weighted by molar-refractivity contribution is 5.84. The van der Waals surface area contributed by atoms with Crippen LogP contribution in [0.25, 0.3) is 10.8 Å². The number of benzene rings is 2. The smallest absolute Gasteiger partial charge is 0.0552 e. The van der Waals surface area contributed by atoms with Crippen LogP contribution >= 0.6 is 0 Å². The van der Waals surface area contributed by atoms with Gasteiger partial charge in [-0.25, -0.2) is 0 Å². The molecule has 17 heavy (non-hydrogen) atoms. The summed E-state index contributed by atoms with van der Waals surface area (Å²) >= 11 is 0. The first-order chi connectivity index (χ1) is 8.06. The Morgan fingerprint density at radius 3 is 2.24 bits per heavy atom. The average molecular weight is 228 g/mol. The van der Waals surface area contributed by atoms with Crippen LogP contribution in [0.1, 0.15) is 37.8 Å². The predicted octanol–water partition coefficient (Wildman–Crippen LogP) is 3.89. The fourth-order valence-corrected chi connectivity index (χ4v) is 2.14. The zero-order valence-corrected chi connectivity index (χ0v) is 10.8. The maximum atomic E-state index is 9.39. The normalized spacial score (nSPS) is 13.2. The van der Waals surface area contributed by atoms with Gasteiger partial charge in [0.1, 0.15) is 0 Å². The molecule has 0 fully saturated rings. The molecule has 1 heteroatoms. The summed E-state index contributed by atoms with van der Waals surface area (Å²) in [4.78, 5) is 0. The minimum atomic E-state index is -0.276. The van der Waals surface area contributed by atoms with E-state index in [1.165, 1.54) is 21.9 Å². The van der Waals surface area contributed by atoms with E-state index in [2.05, 4.69) is 50.2 Å². The molecule has 0 heterocycles. The Hall–Kier alpha value is -1.34. The largest absolute Gasteiger partial charge is 0.393 e. The Labute approximate surface area is 103 Å². The highest BCUT2D eigenvalue weighted by atomic mass is 16.3. The van der Waals surface area contributed by atoms with Gasteiger partial charge >= 0.3 is 0 Å². The zero-order chi connectivity index (χ0) is 12.4. The number of fused-ring (bicyclic) bond motifs is 1. The fourth-order valence-electron chi connectivity index (χ4n) is 2.14.